The fourth-order valence-corrected chi connectivity index (χ4v) is 4.85. The summed E-state index contributed by atoms with van der Waals surface area (Å²) in [4.78, 5) is 0. The Bertz CT molecular complexity index is 881. The third kappa shape index (κ3) is 5.11. The van der Waals surface area contributed by atoms with Crippen LogP contribution in [-0.4, -0.2) is 59.6 Å². The molecule has 0 bridgehead atoms. The number of aliphatic hydroxyl groups excluding tert-OH is 3. The average molecular weight is 463 g/mol. The molecule has 2 aromatic carbocycles. The van der Waals surface area contributed by atoms with Crippen LogP contribution in [0.25, 0.3) is 0 Å². The summed E-state index contributed by atoms with van der Waals surface area (Å²) in [6.07, 6.45) is 0.928. The van der Waals surface area contributed by atoms with Gasteiger partial charge in [0.1, 0.15) is 36.3 Å². The summed E-state index contributed by atoms with van der Waals surface area (Å²) in [7, 11) is 1.41. The third-order valence-corrected chi connectivity index (χ3v) is 6.83. The van der Waals surface area contributed by atoms with Gasteiger partial charge in [0.15, 0.2) is 0 Å². The van der Waals surface area contributed by atoms with E-state index in [0.717, 1.165) is 29.7 Å². The van der Waals surface area contributed by atoms with E-state index in [1.807, 2.05) is 30.3 Å². The molecule has 0 amide bonds. The maximum atomic E-state index is 10.6. The van der Waals surface area contributed by atoms with E-state index in [2.05, 4.69) is 0 Å². The van der Waals surface area contributed by atoms with Gasteiger partial charge in [-0.25, -0.2) is 0 Å². The highest BCUT2D eigenvalue weighted by molar-refractivity contribution is 6.31. The van der Waals surface area contributed by atoms with Gasteiger partial charge in [-0.1, -0.05) is 35.9 Å². The highest BCUT2D eigenvalue weighted by Crippen LogP contribution is 2.35. The zero-order valence-electron chi connectivity index (χ0n) is 18.2. The van der Waals surface area contributed by atoms with Crippen molar-refractivity contribution < 1.29 is 29.5 Å². The van der Waals surface area contributed by atoms with Crippen molar-refractivity contribution in [3.63, 3.8) is 0 Å². The second kappa shape index (κ2) is 10.5. The largest absolute Gasteiger partial charge is 0.490 e. The first kappa shape index (κ1) is 23.5. The molecule has 0 radical (unpaired) electrons. The predicted molar refractivity (Wildman–Crippen MR) is 121 cm³/mol. The summed E-state index contributed by atoms with van der Waals surface area (Å²) in [5, 5.41) is 31.3. The first-order valence-electron chi connectivity index (χ1n) is 11.2. The molecule has 5 atom stereocenters. The van der Waals surface area contributed by atoms with Gasteiger partial charge in [-0.05, 0) is 67.0 Å². The van der Waals surface area contributed by atoms with Crippen molar-refractivity contribution >= 4 is 11.6 Å². The predicted octanol–water partition coefficient (Wildman–Crippen LogP) is 3.42. The van der Waals surface area contributed by atoms with Gasteiger partial charge in [0, 0.05) is 12.1 Å². The van der Waals surface area contributed by atoms with Crippen molar-refractivity contribution in [3.05, 3.63) is 64.2 Å². The molecule has 174 valence electrons. The molecule has 6 nitrogen and oxygen atoms in total. The highest BCUT2D eigenvalue weighted by atomic mass is 35.5. The molecule has 1 aliphatic heterocycles. The fraction of sp³-hybridized carbons (Fsp3) is 0.520. The maximum Gasteiger partial charge on any atom is 0.119 e. The van der Waals surface area contributed by atoms with Gasteiger partial charge in [0.05, 0.1) is 12.7 Å². The van der Waals surface area contributed by atoms with Crippen LogP contribution in [0.3, 0.4) is 0 Å². The van der Waals surface area contributed by atoms with Crippen LogP contribution in [0.5, 0.6) is 5.75 Å². The lowest BCUT2D eigenvalue weighted by Gasteiger charge is -2.41. The molecular formula is C25H31ClO6. The lowest BCUT2D eigenvalue weighted by molar-refractivity contribution is -0.238. The van der Waals surface area contributed by atoms with E-state index in [0.29, 0.717) is 23.1 Å². The zero-order valence-corrected chi connectivity index (χ0v) is 18.9. The number of hydrogen-bond acceptors (Lipinski definition) is 6. The van der Waals surface area contributed by atoms with Gasteiger partial charge in [0.25, 0.3) is 0 Å². The molecule has 2 aliphatic rings. The second-order valence-electron chi connectivity index (χ2n) is 8.66. The van der Waals surface area contributed by atoms with E-state index in [1.54, 1.807) is 12.1 Å². The van der Waals surface area contributed by atoms with Gasteiger partial charge in [0.2, 0.25) is 0 Å². The van der Waals surface area contributed by atoms with E-state index in [4.69, 9.17) is 25.8 Å². The number of rotatable bonds is 7. The second-order valence-corrected chi connectivity index (χ2v) is 9.06. The third-order valence-electron chi connectivity index (χ3n) is 6.46. The maximum absolute atomic E-state index is 10.6. The van der Waals surface area contributed by atoms with Gasteiger partial charge >= 0.3 is 0 Å². The summed E-state index contributed by atoms with van der Waals surface area (Å²) in [5.74, 6) is 0.885. The van der Waals surface area contributed by atoms with Crippen LogP contribution in [-0.2, 0) is 15.9 Å². The van der Waals surface area contributed by atoms with Crippen LogP contribution >= 0.6 is 11.6 Å². The van der Waals surface area contributed by atoms with Crippen molar-refractivity contribution in [3.8, 4) is 5.75 Å². The Morgan fingerprint density at radius 1 is 1.03 bits per heavy atom. The van der Waals surface area contributed by atoms with Crippen LogP contribution < -0.4 is 4.74 Å². The Labute approximate surface area is 193 Å². The van der Waals surface area contributed by atoms with Crippen LogP contribution in [0.15, 0.2) is 42.5 Å². The molecule has 32 heavy (non-hydrogen) atoms. The van der Waals surface area contributed by atoms with E-state index < -0.39 is 30.5 Å². The number of aliphatic hydroxyl groups is 3. The topological polar surface area (TPSA) is 88.4 Å². The Balaban J connectivity index is 1.49. The number of benzene rings is 2. The monoisotopic (exact) mass is 462 g/mol. The normalized spacial score (nSPS) is 28.7. The summed E-state index contributed by atoms with van der Waals surface area (Å²) < 4.78 is 17.1. The van der Waals surface area contributed by atoms with Crippen molar-refractivity contribution in [2.75, 3.05) is 13.7 Å². The van der Waals surface area contributed by atoms with E-state index >= 15 is 0 Å². The number of halogens is 1. The molecule has 4 rings (SSSR count). The van der Waals surface area contributed by atoms with Gasteiger partial charge in [-0.3, -0.25) is 0 Å². The standard InChI is InChI=1S/C25H31ClO6/c1-30-25-21(14-27)32-24(22(28)23(25)29)16-8-11-20(26)17(13-16)12-15-6-9-19(10-7-15)31-18-4-2-3-5-18/h6-11,13,18,21-25,27-29H,2-5,12,14H2,1H3/t21-,22-,23-,24+,25-/m1/s1. The zero-order chi connectivity index (χ0) is 22.7. The molecule has 1 saturated carbocycles. The molecule has 1 saturated heterocycles. The lowest BCUT2D eigenvalue weighted by atomic mass is 9.90. The molecule has 1 aliphatic carbocycles. The van der Waals surface area contributed by atoms with E-state index in [9.17, 15) is 15.3 Å². The highest BCUT2D eigenvalue weighted by Gasteiger charge is 2.45. The number of ether oxygens (including phenoxy) is 3. The smallest absolute Gasteiger partial charge is 0.119 e. The summed E-state index contributed by atoms with van der Waals surface area (Å²) in [5.41, 5.74) is 2.65. The minimum Gasteiger partial charge on any atom is -0.490 e. The fourth-order valence-electron chi connectivity index (χ4n) is 4.67. The van der Waals surface area contributed by atoms with Crippen LogP contribution in [0, 0.1) is 0 Å². The molecular weight excluding hydrogens is 432 g/mol. The molecule has 2 aromatic rings. The van der Waals surface area contributed by atoms with Gasteiger partial charge < -0.3 is 29.5 Å². The first-order chi connectivity index (χ1) is 15.5. The lowest BCUT2D eigenvalue weighted by Crippen LogP contribution is -2.56. The van der Waals surface area contributed by atoms with Crippen LogP contribution in [0.2, 0.25) is 5.02 Å². The van der Waals surface area contributed by atoms with Crippen molar-refractivity contribution in [1.82, 2.24) is 0 Å². The molecule has 0 spiro atoms. The van der Waals surface area contributed by atoms with Crippen molar-refractivity contribution in [2.24, 2.45) is 0 Å². The molecule has 2 fully saturated rings. The van der Waals surface area contributed by atoms with Gasteiger partial charge in [-0.15, -0.1) is 0 Å². The SMILES string of the molecule is CO[C@H]1[C@H](O)[C@@H](O)[C@H](c2ccc(Cl)c(Cc3ccc(OC4CCCC4)cc3)c2)O[C@@H]1CO. The Hall–Kier alpha value is -1.67. The molecule has 0 aromatic heterocycles. The Morgan fingerprint density at radius 2 is 1.75 bits per heavy atom. The molecule has 0 unspecified atom stereocenters. The molecule has 7 heteroatoms. The number of methoxy groups -OCH3 is 1. The van der Waals surface area contributed by atoms with E-state index in [1.165, 1.54) is 20.0 Å². The van der Waals surface area contributed by atoms with Crippen molar-refractivity contribution in [2.45, 2.75) is 68.7 Å². The summed E-state index contributed by atoms with van der Waals surface area (Å²) in [6, 6.07) is 13.5. The first-order valence-corrected chi connectivity index (χ1v) is 11.6. The number of hydrogen-bond donors (Lipinski definition) is 3. The molecule has 1 heterocycles. The summed E-state index contributed by atoms with van der Waals surface area (Å²) >= 11 is 6.46. The Morgan fingerprint density at radius 3 is 2.41 bits per heavy atom. The summed E-state index contributed by atoms with van der Waals surface area (Å²) in [6.45, 7) is -0.325. The van der Waals surface area contributed by atoms with Gasteiger partial charge in [-0.2, -0.15) is 0 Å². The Kier molecular flexibility index (Phi) is 7.71. The minimum atomic E-state index is -1.19. The van der Waals surface area contributed by atoms with Crippen molar-refractivity contribution in [1.29, 1.82) is 0 Å². The quantitative estimate of drug-likeness (QED) is 0.584. The van der Waals surface area contributed by atoms with Crippen LogP contribution in [0.4, 0.5) is 0 Å². The molecule has 3 N–H and O–H groups in total. The average Bonchev–Trinajstić information content (AvgIpc) is 3.31. The van der Waals surface area contributed by atoms with Crippen LogP contribution in [0.1, 0.15) is 48.5 Å². The van der Waals surface area contributed by atoms with E-state index in [-0.39, 0.29) is 6.61 Å². The minimum absolute atomic E-state index is 0.324.